The summed E-state index contributed by atoms with van der Waals surface area (Å²) in [5, 5.41) is 18.0. The van der Waals surface area contributed by atoms with E-state index >= 15 is 0 Å². The molecule has 1 fully saturated rings. The highest BCUT2D eigenvalue weighted by Gasteiger charge is 2.38. The van der Waals surface area contributed by atoms with Crippen molar-refractivity contribution in [3.63, 3.8) is 0 Å². The van der Waals surface area contributed by atoms with Crippen LogP contribution in [0.3, 0.4) is 0 Å². The fourth-order valence-corrected chi connectivity index (χ4v) is 5.98. The summed E-state index contributed by atoms with van der Waals surface area (Å²) >= 11 is 1.40. The van der Waals surface area contributed by atoms with Crippen LogP contribution in [-0.2, 0) is 16.0 Å². The van der Waals surface area contributed by atoms with Gasteiger partial charge in [-0.1, -0.05) is 42.5 Å². The van der Waals surface area contributed by atoms with Crippen LogP contribution in [0.4, 0.5) is 0 Å². The minimum absolute atomic E-state index is 0.00277. The van der Waals surface area contributed by atoms with Crippen LogP contribution in [0.2, 0.25) is 0 Å². The highest BCUT2D eigenvalue weighted by molar-refractivity contribution is 7.18. The van der Waals surface area contributed by atoms with E-state index in [1.807, 2.05) is 54.6 Å². The number of hydrogen-bond acceptors (Lipinski definition) is 7. The number of aromatic nitrogens is 1. The van der Waals surface area contributed by atoms with Crippen LogP contribution in [0.15, 0.2) is 59.6 Å². The zero-order valence-electron chi connectivity index (χ0n) is 22.1. The van der Waals surface area contributed by atoms with E-state index in [-0.39, 0.29) is 17.8 Å². The molecule has 0 radical (unpaired) electrons. The van der Waals surface area contributed by atoms with Crippen molar-refractivity contribution in [1.82, 2.24) is 20.5 Å². The van der Waals surface area contributed by atoms with Gasteiger partial charge in [-0.2, -0.15) is 0 Å². The number of nitrogens with two attached hydrogens (primary N) is 2. The summed E-state index contributed by atoms with van der Waals surface area (Å²) in [6.07, 6.45) is 1.81. The Hall–Kier alpha value is -3.54. The number of para-hydroxylation sites is 1. The van der Waals surface area contributed by atoms with Gasteiger partial charge < -0.3 is 32.1 Å². The fraction of sp³-hybridized carbons (Fsp3) is 0.429. The number of benzene rings is 2. The number of aliphatic imine (C=N–C) groups is 1. The number of likely N-dealkylation sites (N-methyl/N-ethyl adjacent to an activating group) is 1. The summed E-state index contributed by atoms with van der Waals surface area (Å²) in [6, 6.07) is 15.8. The summed E-state index contributed by atoms with van der Waals surface area (Å²) in [4.78, 5) is 37.3. The highest BCUT2D eigenvalue weighted by atomic mass is 32.1. The van der Waals surface area contributed by atoms with E-state index < -0.39 is 24.2 Å². The van der Waals surface area contributed by atoms with Crippen molar-refractivity contribution >= 4 is 39.3 Å². The van der Waals surface area contributed by atoms with Gasteiger partial charge in [-0.3, -0.25) is 14.6 Å². The van der Waals surface area contributed by atoms with E-state index in [0.717, 1.165) is 22.2 Å². The molecule has 7 N–H and O–H groups in total. The quantitative estimate of drug-likeness (QED) is 0.130. The highest BCUT2D eigenvalue weighted by Crippen LogP contribution is 2.30. The number of thiazole rings is 1. The van der Waals surface area contributed by atoms with Crippen molar-refractivity contribution in [3.8, 4) is 0 Å². The average molecular weight is 552 g/mol. The molecule has 0 saturated carbocycles. The van der Waals surface area contributed by atoms with Crippen LogP contribution < -0.4 is 22.1 Å². The molecule has 2 aromatic carbocycles. The Bertz CT molecular complexity index is 1250. The molecule has 4 rings (SSSR count). The molecular formula is C28H37N7O3S. The molecule has 2 amide bonds. The van der Waals surface area contributed by atoms with Gasteiger partial charge >= 0.3 is 0 Å². The Kier molecular flexibility index (Phi) is 9.85. The summed E-state index contributed by atoms with van der Waals surface area (Å²) in [5.74, 6) is -0.380. The van der Waals surface area contributed by atoms with Crippen molar-refractivity contribution in [2.75, 3.05) is 20.1 Å². The summed E-state index contributed by atoms with van der Waals surface area (Å²) in [5.41, 5.74) is 12.7. The van der Waals surface area contributed by atoms with Crippen LogP contribution >= 0.6 is 11.3 Å². The number of nitrogens with zero attached hydrogens (tertiary/aromatic N) is 3. The predicted octanol–water partition coefficient (Wildman–Crippen LogP) is 1.69. The first kappa shape index (κ1) is 28.5. The monoisotopic (exact) mass is 551 g/mol. The molecule has 0 aliphatic carbocycles. The van der Waals surface area contributed by atoms with E-state index in [1.165, 1.54) is 11.3 Å². The van der Waals surface area contributed by atoms with Crippen molar-refractivity contribution in [2.24, 2.45) is 16.5 Å². The van der Waals surface area contributed by atoms with Gasteiger partial charge in [0.15, 0.2) is 5.96 Å². The van der Waals surface area contributed by atoms with Gasteiger partial charge in [0, 0.05) is 13.1 Å². The van der Waals surface area contributed by atoms with Crippen LogP contribution in [0.5, 0.6) is 0 Å². The van der Waals surface area contributed by atoms with Crippen LogP contribution in [-0.4, -0.2) is 71.0 Å². The van der Waals surface area contributed by atoms with Crippen LogP contribution in [0.25, 0.3) is 10.2 Å². The van der Waals surface area contributed by atoms with Gasteiger partial charge in [0.2, 0.25) is 11.8 Å². The Morgan fingerprint density at radius 1 is 1.18 bits per heavy atom. The van der Waals surface area contributed by atoms with Crippen LogP contribution in [0, 0.1) is 0 Å². The SMILES string of the molecule is CN[C@H](Cc1ccccc1)C(=O)N1CCC[C@H]1C(=O)NC(CCCN=C(N)N)C(O)c1nc2ccccc2s1. The molecule has 2 heterocycles. The van der Waals surface area contributed by atoms with Gasteiger partial charge in [0.05, 0.1) is 22.3 Å². The number of rotatable bonds is 12. The number of likely N-dealkylation sites (tertiary alicyclic amines) is 1. The molecule has 39 heavy (non-hydrogen) atoms. The van der Waals surface area contributed by atoms with E-state index in [1.54, 1.807) is 11.9 Å². The number of guanidine groups is 1. The predicted molar refractivity (Wildman–Crippen MR) is 154 cm³/mol. The lowest BCUT2D eigenvalue weighted by molar-refractivity contribution is -0.140. The first-order chi connectivity index (χ1) is 18.9. The smallest absolute Gasteiger partial charge is 0.243 e. The van der Waals surface area contributed by atoms with Gasteiger partial charge in [-0.25, -0.2) is 4.98 Å². The molecule has 2 unspecified atom stereocenters. The van der Waals surface area contributed by atoms with E-state index in [2.05, 4.69) is 20.6 Å². The van der Waals surface area contributed by atoms with Gasteiger partial charge in [-0.05, 0) is 56.8 Å². The van der Waals surface area contributed by atoms with E-state index in [9.17, 15) is 14.7 Å². The number of aliphatic hydroxyl groups is 1. The molecule has 4 atom stereocenters. The van der Waals surface area contributed by atoms with E-state index in [0.29, 0.717) is 43.8 Å². The molecule has 0 bridgehead atoms. The number of fused-ring (bicyclic) bond motifs is 1. The Balaban J connectivity index is 1.48. The molecule has 0 spiro atoms. The zero-order chi connectivity index (χ0) is 27.8. The third kappa shape index (κ3) is 7.31. The Labute approximate surface area is 232 Å². The fourth-order valence-electron chi connectivity index (χ4n) is 4.96. The van der Waals surface area contributed by atoms with Gasteiger partial charge in [0.25, 0.3) is 0 Å². The van der Waals surface area contributed by atoms with Crippen molar-refractivity contribution in [3.05, 3.63) is 65.2 Å². The minimum atomic E-state index is -1.01. The maximum absolute atomic E-state index is 13.6. The minimum Gasteiger partial charge on any atom is -0.384 e. The molecule has 11 heteroatoms. The zero-order valence-corrected chi connectivity index (χ0v) is 22.9. The number of aliphatic hydroxyl groups excluding tert-OH is 1. The molecule has 208 valence electrons. The number of amides is 2. The lowest BCUT2D eigenvalue weighted by Gasteiger charge is -2.30. The Morgan fingerprint density at radius 3 is 2.64 bits per heavy atom. The number of carbonyl (C=O) groups is 2. The first-order valence-electron chi connectivity index (χ1n) is 13.3. The lowest BCUT2D eigenvalue weighted by atomic mass is 10.0. The number of hydrogen-bond donors (Lipinski definition) is 5. The normalized spacial score (nSPS) is 17.5. The van der Waals surface area contributed by atoms with E-state index in [4.69, 9.17) is 11.5 Å². The molecule has 1 saturated heterocycles. The second-order valence-electron chi connectivity index (χ2n) is 9.75. The van der Waals surface area contributed by atoms with Crippen molar-refractivity contribution in [2.45, 2.75) is 56.3 Å². The molecule has 1 aliphatic rings. The first-order valence-corrected chi connectivity index (χ1v) is 14.1. The lowest BCUT2D eigenvalue weighted by Crippen LogP contribution is -2.54. The Morgan fingerprint density at radius 2 is 1.92 bits per heavy atom. The number of nitrogens with one attached hydrogen (secondary N) is 2. The third-order valence-corrected chi connectivity index (χ3v) is 8.11. The molecular weight excluding hydrogens is 514 g/mol. The van der Waals surface area contributed by atoms with Crippen molar-refractivity contribution in [1.29, 1.82) is 0 Å². The summed E-state index contributed by atoms with van der Waals surface area (Å²) in [6.45, 7) is 0.887. The molecule has 3 aromatic rings. The second kappa shape index (κ2) is 13.5. The topological polar surface area (TPSA) is 159 Å². The van der Waals surface area contributed by atoms with Crippen LogP contribution in [0.1, 0.15) is 42.4 Å². The molecule has 1 aliphatic heterocycles. The standard InChI is InChI=1S/C28H37N7O3S/c1-31-21(17-18-9-3-2-4-10-18)27(38)35-16-8-13-22(35)25(37)33-20(12-7-15-32-28(29)30)24(36)26-34-19-11-5-6-14-23(19)39-26/h2-6,9-11,14,20-22,24,31,36H,7-8,12-13,15-17H2,1H3,(H,33,37)(H4,29,30,32)/t20?,21-,22+,24?/m1/s1. The van der Waals surface area contributed by atoms with Gasteiger partial charge in [0.1, 0.15) is 17.2 Å². The van der Waals surface area contributed by atoms with Gasteiger partial charge in [-0.15, -0.1) is 11.3 Å². The summed E-state index contributed by atoms with van der Waals surface area (Å²) < 4.78 is 0.959. The second-order valence-corrected chi connectivity index (χ2v) is 10.8. The molecule has 1 aromatic heterocycles. The average Bonchev–Trinajstić information content (AvgIpc) is 3.61. The third-order valence-electron chi connectivity index (χ3n) is 7.01. The maximum atomic E-state index is 13.6. The van der Waals surface area contributed by atoms with Crippen molar-refractivity contribution < 1.29 is 14.7 Å². The summed E-state index contributed by atoms with van der Waals surface area (Å²) in [7, 11) is 1.76. The molecule has 10 nitrogen and oxygen atoms in total. The largest absolute Gasteiger partial charge is 0.384 e. The maximum Gasteiger partial charge on any atom is 0.243 e. The number of carbonyl (C=O) groups excluding carboxylic acids is 2.